The van der Waals surface area contributed by atoms with E-state index in [-0.39, 0.29) is 30.6 Å². The fraction of sp³-hybridized carbons (Fsp3) is 0. The van der Waals surface area contributed by atoms with E-state index in [1.54, 1.807) is 67.1 Å². The van der Waals surface area contributed by atoms with Crippen LogP contribution in [0.2, 0.25) is 0 Å². The second-order valence-corrected chi connectivity index (χ2v) is 9.12. The Bertz CT molecular complexity index is 1640. The Kier molecular flexibility index (Phi) is 10.3. The van der Waals surface area contributed by atoms with Crippen molar-refractivity contribution in [3.63, 3.8) is 0 Å². The third kappa shape index (κ3) is 7.91. The number of hydrogen-bond acceptors (Lipinski definition) is 5. The van der Waals surface area contributed by atoms with E-state index in [1.807, 2.05) is 66.7 Å². The predicted molar refractivity (Wildman–Crippen MR) is 161 cm³/mol. The van der Waals surface area contributed by atoms with Gasteiger partial charge >= 0.3 is 31.4 Å². The van der Waals surface area contributed by atoms with Gasteiger partial charge in [-0.25, -0.2) is 9.59 Å². The van der Waals surface area contributed by atoms with Gasteiger partial charge in [0.15, 0.2) is 0 Å². The van der Waals surface area contributed by atoms with Gasteiger partial charge in [-0.2, -0.15) is 0 Å². The van der Waals surface area contributed by atoms with Crippen LogP contribution in [0.1, 0.15) is 20.7 Å². The molecule has 0 atom stereocenters. The Hall–Kier alpha value is -5.33. The van der Waals surface area contributed by atoms with Crippen LogP contribution in [-0.4, -0.2) is 37.1 Å². The Morgan fingerprint density at radius 1 is 0.512 bits per heavy atom. The summed E-state index contributed by atoms with van der Waals surface area (Å²) in [7, 11) is 0. The second kappa shape index (κ2) is 14.5. The van der Waals surface area contributed by atoms with Crippen LogP contribution < -0.4 is 0 Å². The maximum Gasteiger partial charge on any atom is 1.00 e. The van der Waals surface area contributed by atoms with Crippen LogP contribution in [0.15, 0.2) is 134 Å². The largest absolute Gasteiger partial charge is 1.00 e. The van der Waals surface area contributed by atoms with Crippen molar-refractivity contribution in [1.82, 2.24) is 15.0 Å². The van der Waals surface area contributed by atoms with Gasteiger partial charge in [-0.1, -0.05) is 48.5 Å². The van der Waals surface area contributed by atoms with E-state index in [0.29, 0.717) is 11.4 Å². The van der Waals surface area contributed by atoms with Crippen molar-refractivity contribution in [2.75, 3.05) is 0 Å². The SMILES string of the molecule is O=C(O)c1ccc(-c2ccc(-c3ccc(-c4ccc(C(=O)O)cc4)cn3)nc2)cc1.[Ru+].[c-]1ccccc1-c1ccccn1. The molecule has 7 nitrogen and oxygen atoms in total. The average Bonchev–Trinajstić information content (AvgIpc) is 3.06. The van der Waals surface area contributed by atoms with E-state index < -0.39 is 11.9 Å². The molecule has 0 saturated carbocycles. The fourth-order valence-electron chi connectivity index (χ4n) is 4.12. The van der Waals surface area contributed by atoms with Crippen LogP contribution in [0.5, 0.6) is 0 Å². The van der Waals surface area contributed by atoms with Gasteiger partial charge < -0.3 is 15.2 Å². The molecule has 2 N–H and O–H groups in total. The standard InChI is InChI=1S/C24H16N2O4.C11H8N.Ru/c27-23(28)17-5-1-15(2-6-17)19-9-11-21(25-13-19)22-12-10-20(14-26-22)16-3-7-18(8-4-16)24(29)30;1-2-6-10(7-3-1)11-8-4-5-9-12-11;/h1-14H,(H,27,28)(H,29,30);1-6,8-9H;/q;-1;+1. The van der Waals surface area contributed by atoms with E-state index in [9.17, 15) is 9.59 Å². The summed E-state index contributed by atoms with van der Waals surface area (Å²) >= 11 is 0. The molecule has 0 unspecified atom stereocenters. The maximum absolute atomic E-state index is 11.0. The fourth-order valence-corrected chi connectivity index (χ4v) is 4.12. The molecule has 0 fully saturated rings. The number of pyridine rings is 3. The van der Waals surface area contributed by atoms with Gasteiger partial charge in [0.25, 0.3) is 0 Å². The molecule has 6 aromatic rings. The molecule has 1 radical (unpaired) electrons. The number of benzene rings is 3. The van der Waals surface area contributed by atoms with E-state index in [1.165, 1.54) is 0 Å². The molecule has 3 aromatic carbocycles. The summed E-state index contributed by atoms with van der Waals surface area (Å²) in [5, 5.41) is 18.0. The van der Waals surface area contributed by atoms with E-state index in [2.05, 4.69) is 21.0 Å². The first-order chi connectivity index (χ1) is 20.5. The molecule has 0 aliphatic rings. The predicted octanol–water partition coefficient (Wildman–Crippen LogP) is 7.42. The van der Waals surface area contributed by atoms with Crippen molar-refractivity contribution < 1.29 is 39.3 Å². The summed E-state index contributed by atoms with van der Waals surface area (Å²) in [5.74, 6) is -1.91. The van der Waals surface area contributed by atoms with Crippen LogP contribution in [0.25, 0.3) is 44.9 Å². The zero-order valence-corrected chi connectivity index (χ0v) is 24.3. The third-order valence-electron chi connectivity index (χ3n) is 6.37. The number of rotatable bonds is 6. The first-order valence-corrected chi connectivity index (χ1v) is 13.0. The first kappa shape index (κ1) is 30.6. The summed E-state index contributed by atoms with van der Waals surface area (Å²) < 4.78 is 0. The van der Waals surface area contributed by atoms with Crippen molar-refractivity contribution in [3.05, 3.63) is 151 Å². The smallest absolute Gasteiger partial charge is 0.478 e. The van der Waals surface area contributed by atoms with Crippen molar-refractivity contribution in [1.29, 1.82) is 0 Å². The van der Waals surface area contributed by atoms with Gasteiger partial charge in [-0.15, -0.1) is 35.9 Å². The molecule has 0 bridgehead atoms. The zero-order chi connectivity index (χ0) is 29.3. The van der Waals surface area contributed by atoms with E-state index in [0.717, 1.165) is 33.5 Å². The molecular weight excluding hydrogens is 627 g/mol. The second-order valence-electron chi connectivity index (χ2n) is 9.12. The van der Waals surface area contributed by atoms with Crippen LogP contribution in [0, 0.1) is 6.07 Å². The molecule has 0 amide bonds. The molecule has 211 valence electrons. The van der Waals surface area contributed by atoms with Crippen molar-refractivity contribution in [2.45, 2.75) is 0 Å². The Balaban J connectivity index is 0.000000272. The topological polar surface area (TPSA) is 113 Å². The van der Waals surface area contributed by atoms with Crippen LogP contribution in [0.4, 0.5) is 0 Å². The molecule has 6 rings (SSSR count). The Morgan fingerprint density at radius 2 is 1.00 bits per heavy atom. The van der Waals surface area contributed by atoms with Gasteiger partial charge in [0, 0.05) is 29.7 Å². The first-order valence-electron chi connectivity index (χ1n) is 13.0. The summed E-state index contributed by atoms with van der Waals surface area (Å²) in [6, 6.07) is 37.6. The summed E-state index contributed by atoms with van der Waals surface area (Å²) in [5.41, 5.74) is 7.45. The van der Waals surface area contributed by atoms with Crippen molar-refractivity contribution in [3.8, 4) is 44.9 Å². The number of nitrogens with zero attached hydrogens (tertiary/aromatic N) is 3. The van der Waals surface area contributed by atoms with Crippen LogP contribution >= 0.6 is 0 Å². The van der Waals surface area contributed by atoms with Gasteiger partial charge in [0.1, 0.15) is 0 Å². The monoisotopic (exact) mass is 652 g/mol. The molecule has 3 aromatic heterocycles. The van der Waals surface area contributed by atoms with Crippen LogP contribution in [0.3, 0.4) is 0 Å². The minimum Gasteiger partial charge on any atom is -0.478 e. The Morgan fingerprint density at radius 3 is 1.37 bits per heavy atom. The minimum atomic E-state index is -0.956. The zero-order valence-electron chi connectivity index (χ0n) is 22.6. The van der Waals surface area contributed by atoms with Gasteiger partial charge in [-0.05, 0) is 59.3 Å². The summed E-state index contributed by atoms with van der Waals surface area (Å²) in [6.45, 7) is 0. The quantitative estimate of drug-likeness (QED) is 0.142. The van der Waals surface area contributed by atoms with E-state index >= 15 is 0 Å². The van der Waals surface area contributed by atoms with Gasteiger partial charge in [-0.3, -0.25) is 9.97 Å². The molecule has 0 saturated heterocycles. The number of carboxylic acid groups (broad SMARTS) is 2. The minimum absolute atomic E-state index is 0. The Labute approximate surface area is 261 Å². The number of aromatic nitrogens is 3. The number of carboxylic acids is 2. The molecule has 43 heavy (non-hydrogen) atoms. The summed E-state index contributed by atoms with van der Waals surface area (Å²) in [4.78, 5) is 35.1. The number of carbonyl (C=O) groups is 2. The number of hydrogen-bond donors (Lipinski definition) is 2. The van der Waals surface area contributed by atoms with Gasteiger partial charge in [0.2, 0.25) is 0 Å². The van der Waals surface area contributed by atoms with Crippen LogP contribution in [-0.2, 0) is 19.5 Å². The summed E-state index contributed by atoms with van der Waals surface area (Å²) in [6.07, 6.45) is 5.24. The molecule has 0 aliphatic heterocycles. The van der Waals surface area contributed by atoms with E-state index in [4.69, 9.17) is 10.2 Å². The third-order valence-corrected chi connectivity index (χ3v) is 6.37. The molecular formula is C35H24N3O4Ru. The molecule has 8 heteroatoms. The van der Waals surface area contributed by atoms with Crippen molar-refractivity contribution >= 4 is 11.9 Å². The van der Waals surface area contributed by atoms with Crippen molar-refractivity contribution in [2.24, 2.45) is 0 Å². The normalized spacial score (nSPS) is 10.0. The van der Waals surface area contributed by atoms with Gasteiger partial charge in [0.05, 0.1) is 22.5 Å². The molecule has 0 aliphatic carbocycles. The number of aromatic carboxylic acids is 2. The maximum atomic E-state index is 11.0. The molecule has 3 heterocycles. The molecule has 0 spiro atoms. The average molecular weight is 652 g/mol.